The molecule has 0 saturated carbocycles. The predicted octanol–water partition coefficient (Wildman–Crippen LogP) is 0.747. The van der Waals surface area contributed by atoms with Crippen molar-refractivity contribution in [1.29, 1.82) is 0 Å². The van der Waals surface area contributed by atoms with Crippen LogP contribution in [0.25, 0.3) is 0 Å². The van der Waals surface area contributed by atoms with E-state index in [0.29, 0.717) is 0 Å². The largest absolute Gasteiger partial charge is 0.459 e. The molecule has 0 spiro atoms. The second kappa shape index (κ2) is 6.56. The summed E-state index contributed by atoms with van der Waals surface area (Å²) >= 11 is 0. The molecule has 0 amide bonds. The molecule has 1 N–H and O–H groups in total. The van der Waals surface area contributed by atoms with Gasteiger partial charge in [-0.25, -0.2) is 0 Å². The molecule has 0 unspecified atom stereocenters. The molecule has 4 heteroatoms. The van der Waals surface area contributed by atoms with Crippen molar-refractivity contribution < 1.29 is 19.4 Å². The Morgan fingerprint density at radius 2 is 2.21 bits per heavy atom. The normalized spacial score (nSPS) is 16.9. The van der Waals surface area contributed by atoms with Crippen LogP contribution in [-0.2, 0) is 14.3 Å². The summed E-state index contributed by atoms with van der Waals surface area (Å²) in [6, 6.07) is 0. The standard InChI is InChI=1S/C10H18O4/c1-5-9(13-4)10(7(2)6-11)14-8(3)12/h5,7,9-11H,1,6H2,2-4H3/t7-,9-,10+/m0/s1. The van der Waals surface area contributed by atoms with Crippen molar-refractivity contribution in [2.75, 3.05) is 13.7 Å². The quantitative estimate of drug-likeness (QED) is 0.510. The molecule has 0 aliphatic heterocycles. The van der Waals surface area contributed by atoms with E-state index in [1.54, 1.807) is 13.0 Å². The number of methoxy groups -OCH3 is 1. The average Bonchev–Trinajstić information content (AvgIpc) is 2.16. The molecule has 0 heterocycles. The Morgan fingerprint density at radius 1 is 1.64 bits per heavy atom. The van der Waals surface area contributed by atoms with Gasteiger partial charge in [0.1, 0.15) is 12.2 Å². The topological polar surface area (TPSA) is 55.8 Å². The summed E-state index contributed by atoms with van der Waals surface area (Å²) < 4.78 is 10.1. The van der Waals surface area contributed by atoms with E-state index in [1.807, 2.05) is 0 Å². The van der Waals surface area contributed by atoms with Crippen LogP contribution in [0.4, 0.5) is 0 Å². The molecular weight excluding hydrogens is 184 g/mol. The van der Waals surface area contributed by atoms with E-state index in [4.69, 9.17) is 14.6 Å². The first-order valence-electron chi connectivity index (χ1n) is 4.50. The van der Waals surface area contributed by atoms with Gasteiger partial charge < -0.3 is 14.6 Å². The van der Waals surface area contributed by atoms with Crippen LogP contribution in [-0.4, -0.2) is 37.0 Å². The van der Waals surface area contributed by atoms with Gasteiger partial charge in [0.05, 0.1) is 0 Å². The van der Waals surface area contributed by atoms with Crippen molar-refractivity contribution in [1.82, 2.24) is 0 Å². The molecule has 0 fully saturated rings. The van der Waals surface area contributed by atoms with Gasteiger partial charge in [-0.05, 0) is 0 Å². The van der Waals surface area contributed by atoms with E-state index in [0.717, 1.165) is 0 Å². The Kier molecular flexibility index (Phi) is 6.16. The summed E-state index contributed by atoms with van der Waals surface area (Å²) in [6.07, 6.45) is 0.681. The Morgan fingerprint density at radius 3 is 2.50 bits per heavy atom. The first-order chi connectivity index (χ1) is 6.56. The third-order valence-electron chi connectivity index (χ3n) is 1.98. The van der Waals surface area contributed by atoms with Crippen LogP contribution in [0.3, 0.4) is 0 Å². The number of carbonyl (C=O) groups is 1. The molecule has 0 aromatic heterocycles. The lowest BCUT2D eigenvalue weighted by Gasteiger charge is -2.27. The van der Waals surface area contributed by atoms with E-state index < -0.39 is 6.10 Å². The number of hydrogen-bond donors (Lipinski definition) is 1. The zero-order chi connectivity index (χ0) is 11.1. The van der Waals surface area contributed by atoms with Crippen molar-refractivity contribution in [3.63, 3.8) is 0 Å². The van der Waals surface area contributed by atoms with Crippen LogP contribution in [0.15, 0.2) is 12.7 Å². The highest BCUT2D eigenvalue weighted by molar-refractivity contribution is 5.66. The van der Waals surface area contributed by atoms with Gasteiger partial charge >= 0.3 is 5.97 Å². The van der Waals surface area contributed by atoms with Crippen LogP contribution in [0.2, 0.25) is 0 Å². The molecule has 0 rings (SSSR count). The summed E-state index contributed by atoms with van der Waals surface area (Å²) in [5, 5.41) is 8.98. The summed E-state index contributed by atoms with van der Waals surface area (Å²) in [5.41, 5.74) is 0. The van der Waals surface area contributed by atoms with Crippen LogP contribution in [0.1, 0.15) is 13.8 Å². The summed E-state index contributed by atoms with van der Waals surface area (Å²) in [7, 11) is 1.51. The molecule has 0 aliphatic carbocycles. The molecule has 0 radical (unpaired) electrons. The van der Waals surface area contributed by atoms with E-state index in [-0.39, 0.29) is 24.6 Å². The predicted molar refractivity (Wildman–Crippen MR) is 52.8 cm³/mol. The molecule has 0 aliphatic rings. The number of aliphatic hydroxyl groups excluding tert-OH is 1. The molecule has 0 aromatic rings. The third kappa shape index (κ3) is 3.89. The highest BCUT2D eigenvalue weighted by Crippen LogP contribution is 2.15. The van der Waals surface area contributed by atoms with Crippen LogP contribution in [0.5, 0.6) is 0 Å². The van der Waals surface area contributed by atoms with Gasteiger partial charge in [-0.2, -0.15) is 0 Å². The van der Waals surface area contributed by atoms with E-state index in [2.05, 4.69) is 6.58 Å². The summed E-state index contributed by atoms with van der Waals surface area (Å²) in [6.45, 7) is 6.62. The van der Waals surface area contributed by atoms with Crippen molar-refractivity contribution in [3.8, 4) is 0 Å². The second-order valence-electron chi connectivity index (χ2n) is 3.17. The molecule has 3 atom stereocenters. The average molecular weight is 202 g/mol. The lowest BCUT2D eigenvalue weighted by Crippen LogP contribution is -2.37. The third-order valence-corrected chi connectivity index (χ3v) is 1.98. The first kappa shape index (κ1) is 13.1. The maximum Gasteiger partial charge on any atom is 0.303 e. The minimum absolute atomic E-state index is 0.0638. The van der Waals surface area contributed by atoms with Crippen molar-refractivity contribution >= 4 is 5.97 Å². The minimum atomic E-state index is -0.486. The Labute approximate surface area is 84.5 Å². The Balaban J connectivity index is 4.50. The smallest absolute Gasteiger partial charge is 0.303 e. The number of aliphatic hydroxyl groups is 1. The maximum atomic E-state index is 10.8. The minimum Gasteiger partial charge on any atom is -0.459 e. The molecule has 0 bridgehead atoms. The van der Waals surface area contributed by atoms with Crippen molar-refractivity contribution in [3.05, 3.63) is 12.7 Å². The number of hydrogen-bond acceptors (Lipinski definition) is 4. The lowest BCUT2D eigenvalue weighted by atomic mass is 10.0. The van der Waals surface area contributed by atoms with Gasteiger partial charge in [-0.15, -0.1) is 6.58 Å². The number of rotatable bonds is 6. The number of esters is 1. The van der Waals surface area contributed by atoms with Crippen LogP contribution < -0.4 is 0 Å². The molecule has 4 nitrogen and oxygen atoms in total. The van der Waals surface area contributed by atoms with Crippen molar-refractivity contribution in [2.45, 2.75) is 26.1 Å². The zero-order valence-corrected chi connectivity index (χ0v) is 8.90. The van der Waals surface area contributed by atoms with Crippen LogP contribution in [0, 0.1) is 5.92 Å². The fourth-order valence-electron chi connectivity index (χ4n) is 1.17. The van der Waals surface area contributed by atoms with Gasteiger partial charge in [0.2, 0.25) is 0 Å². The summed E-state index contributed by atoms with van der Waals surface area (Å²) in [4.78, 5) is 10.8. The van der Waals surface area contributed by atoms with Gasteiger partial charge in [0.15, 0.2) is 0 Å². The van der Waals surface area contributed by atoms with Gasteiger partial charge in [-0.3, -0.25) is 4.79 Å². The molecule has 82 valence electrons. The second-order valence-corrected chi connectivity index (χ2v) is 3.17. The monoisotopic (exact) mass is 202 g/mol. The fourth-order valence-corrected chi connectivity index (χ4v) is 1.17. The maximum absolute atomic E-state index is 10.8. The molecule has 0 aromatic carbocycles. The fraction of sp³-hybridized carbons (Fsp3) is 0.700. The van der Waals surface area contributed by atoms with E-state index >= 15 is 0 Å². The first-order valence-corrected chi connectivity index (χ1v) is 4.50. The highest BCUT2D eigenvalue weighted by atomic mass is 16.6. The Hall–Kier alpha value is -0.870. The van der Waals surface area contributed by atoms with Crippen molar-refractivity contribution in [2.24, 2.45) is 5.92 Å². The molecular formula is C10H18O4. The molecule has 0 saturated heterocycles. The number of ether oxygens (including phenoxy) is 2. The van der Waals surface area contributed by atoms with Gasteiger partial charge in [0.25, 0.3) is 0 Å². The molecule has 14 heavy (non-hydrogen) atoms. The lowest BCUT2D eigenvalue weighted by molar-refractivity contribution is -0.156. The van der Waals surface area contributed by atoms with E-state index in [1.165, 1.54) is 14.0 Å². The Bertz CT molecular complexity index is 191. The van der Waals surface area contributed by atoms with Gasteiger partial charge in [-0.1, -0.05) is 13.0 Å². The summed E-state index contributed by atoms with van der Waals surface area (Å²) in [5.74, 6) is -0.568. The van der Waals surface area contributed by atoms with Crippen LogP contribution >= 0.6 is 0 Å². The number of carbonyl (C=O) groups excluding carboxylic acids is 1. The van der Waals surface area contributed by atoms with E-state index in [9.17, 15) is 4.79 Å². The highest BCUT2D eigenvalue weighted by Gasteiger charge is 2.27. The SMILES string of the molecule is C=C[C@H](OC)[C@H](OC(C)=O)[C@@H](C)CO. The zero-order valence-electron chi connectivity index (χ0n) is 8.90. The van der Waals surface area contributed by atoms with Gasteiger partial charge in [0, 0.05) is 26.6 Å².